The van der Waals surface area contributed by atoms with Crippen LogP contribution >= 0.6 is 11.3 Å². The lowest BCUT2D eigenvalue weighted by molar-refractivity contribution is 0.0989. The SMILES string of the molecule is O=C(c1cccc2ccccc12)N(/N=C/c1ccccc1)c1nc2ccc(F)cc2s1. The van der Waals surface area contributed by atoms with Gasteiger partial charge < -0.3 is 0 Å². The lowest BCUT2D eigenvalue weighted by Gasteiger charge is -2.15. The van der Waals surface area contributed by atoms with Gasteiger partial charge in [0.2, 0.25) is 5.13 Å². The average molecular weight is 425 g/mol. The molecular weight excluding hydrogens is 409 g/mol. The van der Waals surface area contributed by atoms with Gasteiger partial charge in [-0.2, -0.15) is 10.1 Å². The molecule has 0 aliphatic carbocycles. The number of carbonyl (C=O) groups excluding carboxylic acids is 1. The second kappa shape index (κ2) is 8.08. The highest BCUT2D eigenvalue weighted by molar-refractivity contribution is 7.22. The zero-order valence-electron chi connectivity index (χ0n) is 16.3. The van der Waals surface area contributed by atoms with Crippen LogP contribution in [0, 0.1) is 5.82 Å². The molecular formula is C25H16FN3OS. The molecule has 0 aliphatic rings. The van der Waals surface area contributed by atoms with Crippen molar-refractivity contribution in [1.29, 1.82) is 0 Å². The molecule has 0 saturated heterocycles. The highest BCUT2D eigenvalue weighted by Gasteiger charge is 2.22. The van der Waals surface area contributed by atoms with Crippen LogP contribution in [0.15, 0.2) is 96.1 Å². The lowest BCUT2D eigenvalue weighted by Crippen LogP contribution is -2.25. The number of hydrogen-bond donors (Lipinski definition) is 0. The van der Waals surface area contributed by atoms with Crippen molar-refractivity contribution >= 4 is 49.6 Å². The minimum Gasteiger partial charge on any atom is -0.267 e. The third-order valence-corrected chi connectivity index (χ3v) is 5.85. The van der Waals surface area contributed by atoms with Crippen molar-refractivity contribution in [2.24, 2.45) is 5.10 Å². The van der Waals surface area contributed by atoms with Gasteiger partial charge in [0, 0.05) is 5.56 Å². The Morgan fingerprint density at radius 3 is 2.58 bits per heavy atom. The molecule has 0 bridgehead atoms. The van der Waals surface area contributed by atoms with Crippen molar-refractivity contribution in [3.8, 4) is 0 Å². The Kier molecular flexibility index (Phi) is 4.98. The van der Waals surface area contributed by atoms with Gasteiger partial charge in [0.15, 0.2) is 0 Å². The van der Waals surface area contributed by atoms with Crippen LogP contribution in [0.2, 0.25) is 0 Å². The summed E-state index contributed by atoms with van der Waals surface area (Å²) < 4.78 is 14.3. The molecule has 1 heterocycles. The first kappa shape index (κ1) is 19.1. The van der Waals surface area contributed by atoms with E-state index < -0.39 is 0 Å². The van der Waals surface area contributed by atoms with E-state index in [0.29, 0.717) is 20.9 Å². The Hall–Kier alpha value is -3.90. The zero-order valence-corrected chi connectivity index (χ0v) is 17.1. The Balaban J connectivity index is 1.63. The summed E-state index contributed by atoms with van der Waals surface area (Å²) in [5.74, 6) is -0.647. The Morgan fingerprint density at radius 1 is 0.935 bits per heavy atom. The fourth-order valence-electron chi connectivity index (χ4n) is 3.36. The smallest absolute Gasteiger partial charge is 0.267 e. The minimum atomic E-state index is -0.345. The summed E-state index contributed by atoms with van der Waals surface area (Å²) in [7, 11) is 0. The maximum absolute atomic E-state index is 13.7. The minimum absolute atomic E-state index is 0.302. The third kappa shape index (κ3) is 3.81. The van der Waals surface area contributed by atoms with Gasteiger partial charge in [-0.25, -0.2) is 9.37 Å². The molecule has 4 nitrogen and oxygen atoms in total. The summed E-state index contributed by atoms with van der Waals surface area (Å²) in [5, 5.41) is 7.95. The predicted molar refractivity (Wildman–Crippen MR) is 124 cm³/mol. The first-order valence-corrected chi connectivity index (χ1v) is 10.5. The highest BCUT2D eigenvalue weighted by Crippen LogP contribution is 2.31. The van der Waals surface area contributed by atoms with Gasteiger partial charge in [-0.3, -0.25) is 4.79 Å². The van der Waals surface area contributed by atoms with Gasteiger partial charge in [-0.1, -0.05) is 78.1 Å². The number of aromatic nitrogens is 1. The average Bonchev–Trinajstić information content (AvgIpc) is 3.22. The second-order valence-corrected chi connectivity index (χ2v) is 7.92. The molecule has 1 aromatic heterocycles. The van der Waals surface area contributed by atoms with Crippen molar-refractivity contribution in [2.75, 3.05) is 5.01 Å². The van der Waals surface area contributed by atoms with Crippen LogP contribution in [0.1, 0.15) is 15.9 Å². The summed E-state index contributed by atoms with van der Waals surface area (Å²) in [6.07, 6.45) is 1.62. The number of nitrogens with zero attached hydrogens (tertiary/aromatic N) is 3. The molecule has 0 fully saturated rings. The summed E-state index contributed by atoms with van der Waals surface area (Å²) in [6.45, 7) is 0. The van der Waals surface area contributed by atoms with Gasteiger partial charge in [-0.15, -0.1) is 0 Å². The van der Waals surface area contributed by atoms with Gasteiger partial charge in [0.25, 0.3) is 5.91 Å². The maximum Gasteiger partial charge on any atom is 0.281 e. The predicted octanol–water partition coefficient (Wildman–Crippen LogP) is 6.27. The molecule has 0 spiro atoms. The van der Waals surface area contributed by atoms with Crippen LogP contribution in [0.5, 0.6) is 0 Å². The van der Waals surface area contributed by atoms with Crippen molar-refractivity contribution < 1.29 is 9.18 Å². The number of fused-ring (bicyclic) bond motifs is 2. The number of thiazole rings is 1. The number of halogens is 1. The normalized spacial score (nSPS) is 11.4. The molecule has 0 saturated carbocycles. The highest BCUT2D eigenvalue weighted by atomic mass is 32.1. The zero-order chi connectivity index (χ0) is 21.2. The molecule has 0 unspecified atom stereocenters. The van der Waals surface area contributed by atoms with Crippen LogP contribution in [-0.2, 0) is 0 Å². The van der Waals surface area contributed by atoms with Gasteiger partial charge in [0.1, 0.15) is 5.82 Å². The summed E-state index contributed by atoms with van der Waals surface area (Å²) in [5.41, 5.74) is 1.99. The Morgan fingerprint density at radius 2 is 1.71 bits per heavy atom. The third-order valence-electron chi connectivity index (χ3n) is 4.85. The number of hydrazone groups is 1. The Bertz CT molecular complexity index is 1420. The summed E-state index contributed by atoms with van der Waals surface area (Å²) in [6, 6.07) is 27.2. The quantitative estimate of drug-likeness (QED) is 0.252. The van der Waals surface area contributed by atoms with Gasteiger partial charge in [0.05, 0.1) is 16.4 Å². The van der Waals surface area contributed by atoms with E-state index in [1.165, 1.54) is 28.5 Å². The van der Waals surface area contributed by atoms with Crippen LogP contribution in [0.4, 0.5) is 9.52 Å². The molecule has 31 heavy (non-hydrogen) atoms. The van der Waals surface area contributed by atoms with E-state index in [-0.39, 0.29) is 11.7 Å². The van der Waals surface area contributed by atoms with Crippen LogP contribution in [-0.4, -0.2) is 17.1 Å². The van der Waals surface area contributed by atoms with Crippen molar-refractivity contribution in [2.45, 2.75) is 0 Å². The fourth-order valence-corrected chi connectivity index (χ4v) is 4.30. The fraction of sp³-hybridized carbons (Fsp3) is 0. The van der Waals surface area contributed by atoms with Gasteiger partial charge in [-0.05, 0) is 40.6 Å². The van der Waals surface area contributed by atoms with E-state index in [9.17, 15) is 9.18 Å². The number of benzene rings is 4. The van der Waals surface area contributed by atoms with Crippen molar-refractivity contribution in [3.05, 3.63) is 108 Å². The van der Waals surface area contributed by atoms with E-state index in [1.807, 2.05) is 66.7 Å². The molecule has 6 heteroatoms. The first-order chi connectivity index (χ1) is 15.2. The van der Waals surface area contributed by atoms with Crippen LogP contribution in [0.3, 0.4) is 0 Å². The van der Waals surface area contributed by atoms with E-state index in [2.05, 4.69) is 10.1 Å². The van der Waals surface area contributed by atoms with E-state index in [1.54, 1.807) is 18.3 Å². The number of rotatable bonds is 4. The van der Waals surface area contributed by atoms with Crippen molar-refractivity contribution in [3.63, 3.8) is 0 Å². The van der Waals surface area contributed by atoms with Crippen LogP contribution < -0.4 is 5.01 Å². The maximum atomic E-state index is 13.7. The number of carbonyl (C=O) groups is 1. The van der Waals surface area contributed by atoms with Gasteiger partial charge >= 0.3 is 0 Å². The molecule has 0 radical (unpaired) electrons. The summed E-state index contributed by atoms with van der Waals surface area (Å²) in [4.78, 5) is 18.2. The summed E-state index contributed by atoms with van der Waals surface area (Å²) >= 11 is 1.22. The molecule has 1 amide bonds. The molecule has 5 aromatic rings. The monoisotopic (exact) mass is 425 g/mol. The van der Waals surface area contributed by atoms with Crippen molar-refractivity contribution in [1.82, 2.24) is 4.98 Å². The second-order valence-electron chi connectivity index (χ2n) is 6.91. The lowest BCUT2D eigenvalue weighted by atomic mass is 10.0. The molecule has 5 rings (SSSR count). The molecule has 0 atom stereocenters. The molecule has 0 N–H and O–H groups in total. The molecule has 0 aliphatic heterocycles. The standard InChI is InChI=1S/C25H16FN3OS/c26-19-13-14-22-23(15-19)31-25(28-22)29(27-16-17-7-2-1-3-8-17)24(30)21-12-6-10-18-9-4-5-11-20(18)21/h1-16H/b27-16+. The van der Waals surface area contributed by atoms with E-state index >= 15 is 0 Å². The number of hydrogen-bond acceptors (Lipinski definition) is 4. The number of anilines is 1. The molecule has 4 aromatic carbocycles. The molecule has 150 valence electrons. The van der Waals surface area contributed by atoms with Crippen LogP contribution in [0.25, 0.3) is 21.0 Å². The number of amides is 1. The largest absolute Gasteiger partial charge is 0.281 e. The topological polar surface area (TPSA) is 45.6 Å². The Labute approximate surface area is 181 Å². The first-order valence-electron chi connectivity index (χ1n) is 9.66. The van der Waals surface area contributed by atoms with E-state index in [4.69, 9.17) is 0 Å². The van der Waals surface area contributed by atoms with E-state index in [0.717, 1.165) is 16.3 Å².